The van der Waals surface area contributed by atoms with Gasteiger partial charge in [-0.25, -0.2) is 0 Å². The predicted octanol–water partition coefficient (Wildman–Crippen LogP) is 14.9. The van der Waals surface area contributed by atoms with Crippen LogP contribution < -0.4 is 4.90 Å². The van der Waals surface area contributed by atoms with E-state index in [9.17, 15) is 0 Å². The Balaban J connectivity index is 1.02. The van der Waals surface area contributed by atoms with E-state index in [-0.39, 0.29) is 0 Å². The van der Waals surface area contributed by atoms with Crippen molar-refractivity contribution in [3.63, 3.8) is 0 Å². The number of hydrogen-bond donors (Lipinski definition) is 0. The van der Waals surface area contributed by atoms with Gasteiger partial charge in [-0.15, -0.1) is 0 Å². The second-order valence-corrected chi connectivity index (χ2v) is 13.8. The molecule has 0 fully saturated rings. The molecule has 10 rings (SSSR count). The molecule has 0 radical (unpaired) electrons. The molecule has 0 aliphatic carbocycles. The molecule has 0 atom stereocenters. The largest absolute Gasteiger partial charge is 0.456 e. The molecule has 0 saturated carbocycles. The van der Waals surface area contributed by atoms with Gasteiger partial charge < -0.3 is 9.32 Å². The smallest absolute Gasteiger partial charge is 0.135 e. The first-order valence-electron chi connectivity index (χ1n) is 18.4. The van der Waals surface area contributed by atoms with Crippen LogP contribution in [0.15, 0.2) is 217 Å². The Morgan fingerprint density at radius 2 is 0.741 bits per heavy atom. The van der Waals surface area contributed by atoms with E-state index in [4.69, 9.17) is 4.42 Å². The number of rotatable bonds is 7. The highest BCUT2D eigenvalue weighted by molar-refractivity contribution is 6.06. The van der Waals surface area contributed by atoms with E-state index in [0.29, 0.717) is 0 Å². The third kappa shape index (κ3) is 5.81. The van der Waals surface area contributed by atoms with Crippen molar-refractivity contribution in [2.45, 2.75) is 0 Å². The minimum Gasteiger partial charge on any atom is -0.456 e. The highest BCUT2D eigenvalue weighted by Gasteiger charge is 2.15. The predicted molar refractivity (Wildman–Crippen MR) is 228 cm³/mol. The maximum absolute atomic E-state index is 6.11. The normalized spacial score (nSPS) is 11.3. The third-order valence-electron chi connectivity index (χ3n) is 10.5. The number of nitrogens with zero attached hydrogens (tertiary/aromatic N) is 1. The quantitative estimate of drug-likeness (QED) is 0.166. The lowest BCUT2D eigenvalue weighted by Gasteiger charge is -2.26. The van der Waals surface area contributed by atoms with Crippen LogP contribution in [0.2, 0.25) is 0 Å². The molecule has 2 heteroatoms. The molecular formula is C52H35NO. The van der Waals surface area contributed by atoms with Gasteiger partial charge in [0, 0.05) is 27.8 Å². The fraction of sp³-hybridized carbons (Fsp3) is 0. The lowest BCUT2D eigenvalue weighted by molar-refractivity contribution is 0.669. The lowest BCUT2D eigenvalue weighted by Crippen LogP contribution is -2.09. The molecule has 0 saturated heterocycles. The summed E-state index contributed by atoms with van der Waals surface area (Å²) in [4.78, 5) is 2.34. The zero-order chi connectivity index (χ0) is 35.8. The molecule has 0 spiro atoms. The Morgan fingerprint density at radius 1 is 0.278 bits per heavy atom. The first-order valence-corrected chi connectivity index (χ1v) is 18.4. The molecule has 54 heavy (non-hydrogen) atoms. The topological polar surface area (TPSA) is 16.4 Å². The summed E-state index contributed by atoms with van der Waals surface area (Å²) in [5.41, 5.74) is 14.7. The first-order chi connectivity index (χ1) is 26.7. The van der Waals surface area contributed by atoms with Crippen molar-refractivity contribution in [3.05, 3.63) is 212 Å². The van der Waals surface area contributed by atoms with Crippen LogP contribution in [0.4, 0.5) is 17.1 Å². The lowest BCUT2D eigenvalue weighted by atomic mass is 9.97. The molecule has 10 aromatic rings. The summed E-state index contributed by atoms with van der Waals surface area (Å²) in [6.07, 6.45) is 0. The Morgan fingerprint density at radius 3 is 1.43 bits per heavy atom. The zero-order valence-corrected chi connectivity index (χ0v) is 29.6. The standard InChI is InChI=1S/C52H35NO/c1-2-10-36(11-3-1)41-14-8-15-42(34-41)37-20-27-44(28-21-37)53(46-31-24-40(25-32-46)48-18-9-13-39-12-4-5-16-47(39)48)45-29-22-38(23-30-45)43-26-33-52-50(35-43)49-17-6-7-19-51(49)54-52/h1-35H. The van der Waals surface area contributed by atoms with Crippen LogP contribution in [0.1, 0.15) is 0 Å². The highest BCUT2D eigenvalue weighted by atomic mass is 16.3. The Hall–Kier alpha value is -7.16. The van der Waals surface area contributed by atoms with Crippen molar-refractivity contribution in [1.29, 1.82) is 0 Å². The second-order valence-electron chi connectivity index (χ2n) is 13.8. The van der Waals surface area contributed by atoms with Gasteiger partial charge in [-0.3, -0.25) is 0 Å². The van der Waals surface area contributed by atoms with E-state index in [2.05, 4.69) is 205 Å². The molecule has 9 aromatic carbocycles. The second kappa shape index (κ2) is 13.4. The molecule has 0 bridgehead atoms. The van der Waals surface area contributed by atoms with Crippen molar-refractivity contribution in [3.8, 4) is 44.5 Å². The number of furan rings is 1. The molecule has 0 aliphatic rings. The molecule has 1 heterocycles. The summed E-state index contributed by atoms with van der Waals surface area (Å²) in [6, 6.07) is 76.0. The molecule has 2 nitrogen and oxygen atoms in total. The van der Waals surface area contributed by atoms with E-state index in [0.717, 1.165) is 50.1 Å². The van der Waals surface area contributed by atoms with Gasteiger partial charge in [-0.05, 0) is 116 Å². The van der Waals surface area contributed by atoms with Gasteiger partial charge in [0.25, 0.3) is 0 Å². The SMILES string of the molecule is c1ccc(-c2cccc(-c3ccc(N(c4ccc(-c5ccc6oc7ccccc7c6c5)cc4)c4ccc(-c5cccc6ccccc56)cc4)cc3)c2)cc1. The summed E-state index contributed by atoms with van der Waals surface area (Å²) in [6.45, 7) is 0. The summed E-state index contributed by atoms with van der Waals surface area (Å²) in [5.74, 6) is 0. The van der Waals surface area contributed by atoms with Crippen LogP contribution in [0.5, 0.6) is 0 Å². The monoisotopic (exact) mass is 689 g/mol. The number of hydrogen-bond acceptors (Lipinski definition) is 2. The number of fused-ring (bicyclic) bond motifs is 4. The van der Waals surface area contributed by atoms with E-state index in [1.165, 1.54) is 44.2 Å². The third-order valence-corrected chi connectivity index (χ3v) is 10.5. The van der Waals surface area contributed by atoms with Crippen LogP contribution in [-0.4, -0.2) is 0 Å². The van der Waals surface area contributed by atoms with E-state index < -0.39 is 0 Å². The maximum Gasteiger partial charge on any atom is 0.135 e. The van der Waals surface area contributed by atoms with Gasteiger partial charge in [-0.2, -0.15) is 0 Å². The molecular weight excluding hydrogens is 655 g/mol. The van der Waals surface area contributed by atoms with Crippen molar-refractivity contribution in [2.75, 3.05) is 4.90 Å². The van der Waals surface area contributed by atoms with Crippen LogP contribution >= 0.6 is 0 Å². The molecule has 0 N–H and O–H groups in total. The van der Waals surface area contributed by atoms with Crippen molar-refractivity contribution in [2.24, 2.45) is 0 Å². The van der Waals surface area contributed by atoms with Crippen LogP contribution in [0.25, 0.3) is 77.2 Å². The molecule has 0 amide bonds. The summed E-state index contributed by atoms with van der Waals surface area (Å²) < 4.78 is 6.11. The maximum atomic E-state index is 6.11. The average Bonchev–Trinajstić information content (AvgIpc) is 3.63. The van der Waals surface area contributed by atoms with Crippen molar-refractivity contribution >= 4 is 49.8 Å². The minimum absolute atomic E-state index is 0.907. The molecule has 0 aliphatic heterocycles. The summed E-state index contributed by atoms with van der Waals surface area (Å²) in [7, 11) is 0. The number of anilines is 3. The molecule has 0 unspecified atom stereocenters. The molecule has 254 valence electrons. The van der Waals surface area contributed by atoms with Gasteiger partial charge >= 0.3 is 0 Å². The van der Waals surface area contributed by atoms with Crippen LogP contribution in [-0.2, 0) is 0 Å². The Bertz CT molecular complexity index is 2900. The Kier molecular flexibility index (Phi) is 7.85. The van der Waals surface area contributed by atoms with E-state index >= 15 is 0 Å². The van der Waals surface area contributed by atoms with Crippen LogP contribution in [0.3, 0.4) is 0 Å². The zero-order valence-electron chi connectivity index (χ0n) is 29.6. The van der Waals surface area contributed by atoms with E-state index in [1.54, 1.807) is 0 Å². The van der Waals surface area contributed by atoms with Gasteiger partial charge in [-0.1, -0.05) is 152 Å². The molecule has 1 aromatic heterocycles. The highest BCUT2D eigenvalue weighted by Crippen LogP contribution is 2.39. The first kappa shape index (κ1) is 31.6. The van der Waals surface area contributed by atoms with Gasteiger partial charge in [0.15, 0.2) is 0 Å². The van der Waals surface area contributed by atoms with Crippen molar-refractivity contribution < 1.29 is 4.42 Å². The fourth-order valence-corrected chi connectivity index (χ4v) is 7.73. The Labute approximate surface area is 314 Å². The fourth-order valence-electron chi connectivity index (χ4n) is 7.73. The van der Waals surface area contributed by atoms with Gasteiger partial charge in [0.1, 0.15) is 11.2 Å². The summed E-state index contributed by atoms with van der Waals surface area (Å²) in [5, 5.41) is 4.78. The van der Waals surface area contributed by atoms with Crippen molar-refractivity contribution in [1.82, 2.24) is 0 Å². The van der Waals surface area contributed by atoms with Gasteiger partial charge in [0.2, 0.25) is 0 Å². The minimum atomic E-state index is 0.907. The number of para-hydroxylation sites is 1. The van der Waals surface area contributed by atoms with Gasteiger partial charge in [0.05, 0.1) is 0 Å². The number of benzene rings is 9. The van der Waals surface area contributed by atoms with Crippen LogP contribution in [0, 0.1) is 0 Å². The van der Waals surface area contributed by atoms with E-state index in [1.807, 2.05) is 12.1 Å². The average molecular weight is 690 g/mol. The summed E-state index contributed by atoms with van der Waals surface area (Å²) >= 11 is 0.